The number of aryl methyl sites for hydroxylation is 1. The predicted molar refractivity (Wildman–Crippen MR) is 129 cm³/mol. The molecule has 2 rings (SSSR count). The summed E-state index contributed by atoms with van der Waals surface area (Å²) < 4.78 is 5.36. The number of nitrogens with zero attached hydrogens (tertiary/aromatic N) is 1. The summed E-state index contributed by atoms with van der Waals surface area (Å²) in [6.07, 6.45) is 1.25. The quantitative estimate of drug-likeness (QED) is 0.276. The number of methoxy groups -OCH3 is 1. The monoisotopic (exact) mass is 510 g/mol. The van der Waals surface area contributed by atoms with Crippen LogP contribution < -0.4 is 20.7 Å². The molecule has 0 radical (unpaired) electrons. The van der Waals surface area contributed by atoms with Crippen LogP contribution in [0.3, 0.4) is 0 Å². The Kier molecular flexibility index (Phi) is 11.8. The molecule has 0 spiro atoms. The van der Waals surface area contributed by atoms with E-state index in [9.17, 15) is 4.79 Å². The van der Waals surface area contributed by atoms with Gasteiger partial charge < -0.3 is 20.7 Å². The van der Waals surface area contributed by atoms with Crippen molar-refractivity contribution in [3.63, 3.8) is 0 Å². The fraction of sp³-hybridized carbons (Fsp3) is 0.364. The van der Waals surface area contributed by atoms with Crippen molar-refractivity contribution < 1.29 is 9.53 Å². The molecule has 0 bridgehead atoms. The minimum absolute atomic E-state index is 0. The number of benzene rings is 2. The van der Waals surface area contributed by atoms with Crippen LogP contribution in [0.5, 0.6) is 5.75 Å². The van der Waals surface area contributed by atoms with Gasteiger partial charge >= 0.3 is 0 Å². The van der Waals surface area contributed by atoms with Gasteiger partial charge in [0.2, 0.25) is 5.91 Å². The van der Waals surface area contributed by atoms with Gasteiger partial charge in [-0.25, -0.2) is 0 Å². The Labute approximate surface area is 190 Å². The topological polar surface area (TPSA) is 74.8 Å². The lowest BCUT2D eigenvalue weighted by molar-refractivity contribution is -0.121. The highest BCUT2D eigenvalue weighted by molar-refractivity contribution is 14.0. The van der Waals surface area contributed by atoms with Gasteiger partial charge in [0, 0.05) is 33.1 Å². The van der Waals surface area contributed by atoms with Crippen molar-refractivity contribution in [2.24, 2.45) is 4.99 Å². The Balaban J connectivity index is 0.00000420. The normalized spacial score (nSPS) is 10.7. The predicted octanol–water partition coefficient (Wildman–Crippen LogP) is 3.04. The first kappa shape index (κ1) is 24.7. The molecule has 29 heavy (non-hydrogen) atoms. The maximum absolute atomic E-state index is 11.9. The number of carbonyl (C=O) groups is 1. The fourth-order valence-corrected chi connectivity index (χ4v) is 2.75. The van der Waals surface area contributed by atoms with Crippen LogP contribution in [0.25, 0.3) is 0 Å². The van der Waals surface area contributed by atoms with Gasteiger partial charge in [-0.1, -0.05) is 42.5 Å². The first-order chi connectivity index (χ1) is 13.6. The van der Waals surface area contributed by atoms with E-state index in [0.717, 1.165) is 29.8 Å². The molecular formula is C22H31IN4O2. The third-order valence-corrected chi connectivity index (χ3v) is 4.38. The molecule has 0 aliphatic carbocycles. The van der Waals surface area contributed by atoms with Crippen molar-refractivity contribution >= 4 is 35.8 Å². The SMILES string of the molecule is CN=C(NCCC(=O)NCc1ccccc1)NCCc1ccc(C)c(OC)c1.I. The largest absolute Gasteiger partial charge is 0.496 e. The summed E-state index contributed by atoms with van der Waals surface area (Å²) in [6, 6.07) is 16.1. The molecule has 0 aromatic heterocycles. The minimum Gasteiger partial charge on any atom is -0.496 e. The third kappa shape index (κ3) is 9.17. The van der Waals surface area contributed by atoms with Crippen molar-refractivity contribution in [2.45, 2.75) is 26.3 Å². The molecule has 0 unspecified atom stereocenters. The molecule has 0 aliphatic rings. The van der Waals surface area contributed by atoms with Crippen LogP contribution in [-0.2, 0) is 17.8 Å². The van der Waals surface area contributed by atoms with Gasteiger partial charge in [0.05, 0.1) is 7.11 Å². The van der Waals surface area contributed by atoms with E-state index in [1.54, 1.807) is 14.2 Å². The van der Waals surface area contributed by atoms with Crippen molar-refractivity contribution in [1.82, 2.24) is 16.0 Å². The smallest absolute Gasteiger partial charge is 0.222 e. The lowest BCUT2D eigenvalue weighted by Gasteiger charge is -2.13. The second-order valence-corrected chi connectivity index (χ2v) is 6.49. The number of carbonyl (C=O) groups excluding carboxylic acids is 1. The van der Waals surface area contributed by atoms with Gasteiger partial charge in [-0.05, 0) is 36.1 Å². The molecular weight excluding hydrogens is 479 g/mol. The highest BCUT2D eigenvalue weighted by atomic mass is 127. The van der Waals surface area contributed by atoms with E-state index in [2.05, 4.69) is 39.1 Å². The van der Waals surface area contributed by atoms with Crippen LogP contribution in [0.2, 0.25) is 0 Å². The van der Waals surface area contributed by atoms with Gasteiger partial charge in [-0.3, -0.25) is 9.79 Å². The third-order valence-electron chi connectivity index (χ3n) is 4.38. The summed E-state index contributed by atoms with van der Waals surface area (Å²) in [5, 5.41) is 9.36. The number of aliphatic imine (C=N–C) groups is 1. The average Bonchev–Trinajstić information content (AvgIpc) is 2.73. The summed E-state index contributed by atoms with van der Waals surface area (Å²) >= 11 is 0. The number of amides is 1. The number of ether oxygens (including phenoxy) is 1. The minimum atomic E-state index is 0. The van der Waals surface area contributed by atoms with Gasteiger partial charge in [0.25, 0.3) is 0 Å². The Bertz CT molecular complexity index is 782. The average molecular weight is 510 g/mol. The highest BCUT2D eigenvalue weighted by Crippen LogP contribution is 2.18. The number of nitrogens with one attached hydrogen (secondary N) is 3. The molecule has 2 aromatic rings. The molecule has 0 aliphatic heterocycles. The molecule has 6 nitrogen and oxygen atoms in total. The summed E-state index contributed by atoms with van der Waals surface area (Å²) in [7, 11) is 3.41. The summed E-state index contributed by atoms with van der Waals surface area (Å²) in [6.45, 7) is 3.85. The molecule has 0 heterocycles. The first-order valence-electron chi connectivity index (χ1n) is 9.51. The van der Waals surface area contributed by atoms with Crippen LogP contribution in [0.4, 0.5) is 0 Å². The Morgan fingerprint density at radius 1 is 1.00 bits per heavy atom. The lowest BCUT2D eigenvalue weighted by atomic mass is 10.1. The number of hydrogen-bond acceptors (Lipinski definition) is 3. The number of halogens is 1. The molecule has 1 amide bonds. The lowest BCUT2D eigenvalue weighted by Crippen LogP contribution is -2.40. The number of hydrogen-bond donors (Lipinski definition) is 3. The van der Waals surface area contributed by atoms with Crippen LogP contribution in [-0.4, -0.2) is 39.1 Å². The van der Waals surface area contributed by atoms with E-state index in [4.69, 9.17) is 4.74 Å². The molecule has 2 aromatic carbocycles. The van der Waals surface area contributed by atoms with E-state index >= 15 is 0 Å². The van der Waals surface area contributed by atoms with Crippen molar-refractivity contribution in [3.8, 4) is 5.75 Å². The second-order valence-electron chi connectivity index (χ2n) is 6.49. The summed E-state index contributed by atoms with van der Waals surface area (Å²) in [5.41, 5.74) is 3.42. The second kappa shape index (κ2) is 13.8. The Morgan fingerprint density at radius 3 is 2.41 bits per heavy atom. The van der Waals surface area contributed by atoms with E-state index in [1.807, 2.05) is 37.3 Å². The van der Waals surface area contributed by atoms with Crippen LogP contribution in [0, 0.1) is 6.92 Å². The first-order valence-corrected chi connectivity index (χ1v) is 9.51. The molecule has 0 fully saturated rings. The van der Waals surface area contributed by atoms with Crippen LogP contribution in [0.15, 0.2) is 53.5 Å². The van der Waals surface area contributed by atoms with Crippen molar-refractivity contribution in [3.05, 3.63) is 65.2 Å². The van der Waals surface area contributed by atoms with E-state index in [-0.39, 0.29) is 29.9 Å². The van der Waals surface area contributed by atoms with Gasteiger partial charge in [0.1, 0.15) is 5.75 Å². The summed E-state index contributed by atoms with van der Waals surface area (Å²) in [5.74, 6) is 1.61. The highest BCUT2D eigenvalue weighted by Gasteiger charge is 2.04. The van der Waals surface area contributed by atoms with Crippen LogP contribution in [0.1, 0.15) is 23.1 Å². The molecule has 0 atom stereocenters. The Morgan fingerprint density at radius 2 is 1.72 bits per heavy atom. The number of guanidine groups is 1. The standard InChI is InChI=1S/C22H30N4O2.HI/c1-17-9-10-18(15-20(17)28-3)11-13-24-22(23-2)25-14-12-21(27)26-16-19-7-5-4-6-8-19;/h4-10,15H,11-14,16H2,1-3H3,(H,26,27)(H2,23,24,25);1H. The molecule has 7 heteroatoms. The fourth-order valence-electron chi connectivity index (χ4n) is 2.75. The number of rotatable bonds is 9. The maximum Gasteiger partial charge on any atom is 0.222 e. The van der Waals surface area contributed by atoms with E-state index in [1.165, 1.54) is 5.56 Å². The van der Waals surface area contributed by atoms with E-state index in [0.29, 0.717) is 25.5 Å². The zero-order valence-corrected chi connectivity index (χ0v) is 19.7. The van der Waals surface area contributed by atoms with Gasteiger partial charge in [-0.2, -0.15) is 0 Å². The molecule has 0 saturated carbocycles. The van der Waals surface area contributed by atoms with Crippen molar-refractivity contribution in [2.75, 3.05) is 27.2 Å². The Hall–Kier alpha value is -2.29. The zero-order valence-electron chi connectivity index (χ0n) is 17.3. The van der Waals surface area contributed by atoms with Crippen LogP contribution >= 0.6 is 24.0 Å². The van der Waals surface area contributed by atoms with Crippen molar-refractivity contribution in [1.29, 1.82) is 0 Å². The maximum atomic E-state index is 11.9. The van der Waals surface area contributed by atoms with Gasteiger partial charge in [0.15, 0.2) is 5.96 Å². The van der Waals surface area contributed by atoms with E-state index < -0.39 is 0 Å². The summed E-state index contributed by atoms with van der Waals surface area (Å²) in [4.78, 5) is 16.1. The zero-order chi connectivity index (χ0) is 20.2. The molecule has 0 saturated heterocycles. The molecule has 3 N–H and O–H groups in total. The molecule has 158 valence electrons. The van der Waals surface area contributed by atoms with Gasteiger partial charge in [-0.15, -0.1) is 24.0 Å².